The first-order chi connectivity index (χ1) is 7.74. The molecule has 1 saturated carbocycles. The summed E-state index contributed by atoms with van der Waals surface area (Å²) in [7, 11) is 0. The van der Waals surface area contributed by atoms with Gasteiger partial charge in [-0.1, -0.05) is 32.6 Å². The molecule has 0 bridgehead atoms. The molecule has 1 aliphatic rings. The average molecular weight is 226 g/mol. The lowest BCUT2D eigenvalue weighted by atomic mass is 9.93. The summed E-state index contributed by atoms with van der Waals surface area (Å²) in [6, 6.07) is 0.337. The van der Waals surface area contributed by atoms with Gasteiger partial charge in [-0.3, -0.25) is 4.79 Å². The summed E-state index contributed by atoms with van der Waals surface area (Å²) in [5.74, 6) is 0.826. The van der Waals surface area contributed by atoms with E-state index in [1.165, 1.54) is 38.5 Å². The average Bonchev–Trinajstić information content (AvgIpc) is 2.54. The second-order valence-electron chi connectivity index (χ2n) is 4.89. The minimum Gasteiger partial charge on any atom is -0.352 e. The molecule has 1 rings (SSSR count). The summed E-state index contributed by atoms with van der Waals surface area (Å²) >= 11 is 0. The Morgan fingerprint density at radius 1 is 1.25 bits per heavy atom. The lowest BCUT2D eigenvalue weighted by Crippen LogP contribution is -2.42. The van der Waals surface area contributed by atoms with Gasteiger partial charge >= 0.3 is 0 Å². The molecule has 1 fully saturated rings. The zero-order chi connectivity index (χ0) is 11.8. The first-order valence-electron chi connectivity index (χ1n) is 6.74. The molecule has 3 nitrogen and oxygen atoms in total. The Morgan fingerprint density at radius 2 is 1.88 bits per heavy atom. The lowest BCUT2D eigenvalue weighted by Gasteiger charge is -2.23. The van der Waals surface area contributed by atoms with E-state index in [2.05, 4.69) is 17.6 Å². The van der Waals surface area contributed by atoms with Gasteiger partial charge in [0, 0.05) is 6.04 Å². The van der Waals surface area contributed by atoms with Crippen LogP contribution in [0.4, 0.5) is 0 Å². The summed E-state index contributed by atoms with van der Waals surface area (Å²) in [5, 5.41) is 6.17. The SMILES string of the molecule is CCNCC(=O)N[C@@H](C)C1CCCCCC1. The maximum Gasteiger partial charge on any atom is 0.234 e. The number of likely N-dealkylation sites (N-methyl/N-ethyl adjacent to an activating group) is 1. The van der Waals surface area contributed by atoms with Gasteiger partial charge in [0.05, 0.1) is 6.54 Å². The molecule has 0 aromatic heterocycles. The van der Waals surface area contributed by atoms with E-state index in [0.717, 1.165) is 6.54 Å². The largest absolute Gasteiger partial charge is 0.352 e. The summed E-state index contributed by atoms with van der Waals surface area (Å²) in [6.45, 7) is 5.47. The van der Waals surface area contributed by atoms with Crippen molar-refractivity contribution in [1.29, 1.82) is 0 Å². The lowest BCUT2D eigenvalue weighted by molar-refractivity contribution is -0.121. The Balaban J connectivity index is 2.26. The van der Waals surface area contributed by atoms with Crippen molar-refractivity contribution in [1.82, 2.24) is 10.6 Å². The summed E-state index contributed by atoms with van der Waals surface area (Å²) < 4.78 is 0. The highest BCUT2D eigenvalue weighted by atomic mass is 16.1. The van der Waals surface area contributed by atoms with Gasteiger partial charge in [0.25, 0.3) is 0 Å². The summed E-state index contributed by atoms with van der Waals surface area (Å²) in [5.41, 5.74) is 0. The molecule has 0 heterocycles. The van der Waals surface area contributed by atoms with Gasteiger partial charge in [-0.2, -0.15) is 0 Å². The maximum atomic E-state index is 11.6. The predicted octanol–water partition coefficient (Wildman–Crippen LogP) is 2.07. The third-order valence-corrected chi connectivity index (χ3v) is 3.53. The Morgan fingerprint density at radius 3 is 2.44 bits per heavy atom. The van der Waals surface area contributed by atoms with Crippen molar-refractivity contribution < 1.29 is 4.79 Å². The standard InChI is InChI=1S/C13H26N2O/c1-3-14-10-13(16)15-11(2)12-8-6-4-5-7-9-12/h11-12,14H,3-10H2,1-2H3,(H,15,16)/t11-/m0/s1. The Bertz CT molecular complexity index is 198. The van der Waals surface area contributed by atoms with Gasteiger partial charge in [-0.25, -0.2) is 0 Å². The first kappa shape index (κ1) is 13.5. The van der Waals surface area contributed by atoms with E-state index in [4.69, 9.17) is 0 Å². The highest BCUT2D eigenvalue weighted by Crippen LogP contribution is 2.25. The maximum absolute atomic E-state index is 11.6. The second-order valence-corrected chi connectivity index (χ2v) is 4.89. The third-order valence-electron chi connectivity index (χ3n) is 3.53. The number of hydrogen-bond donors (Lipinski definition) is 2. The molecule has 0 saturated heterocycles. The van der Waals surface area contributed by atoms with E-state index >= 15 is 0 Å². The van der Waals surface area contributed by atoms with Crippen LogP contribution in [0.5, 0.6) is 0 Å². The van der Waals surface area contributed by atoms with Crippen molar-refractivity contribution >= 4 is 5.91 Å². The van der Waals surface area contributed by atoms with Crippen LogP contribution in [0.1, 0.15) is 52.4 Å². The van der Waals surface area contributed by atoms with Crippen molar-refractivity contribution in [2.45, 2.75) is 58.4 Å². The van der Waals surface area contributed by atoms with E-state index in [0.29, 0.717) is 18.5 Å². The fourth-order valence-corrected chi connectivity index (χ4v) is 2.47. The van der Waals surface area contributed by atoms with Crippen LogP contribution in [0.25, 0.3) is 0 Å². The number of carbonyl (C=O) groups excluding carboxylic acids is 1. The molecule has 1 atom stereocenters. The van der Waals surface area contributed by atoms with Crippen molar-refractivity contribution in [3.8, 4) is 0 Å². The molecule has 16 heavy (non-hydrogen) atoms. The molecular formula is C13H26N2O. The van der Waals surface area contributed by atoms with E-state index in [1.807, 2.05) is 6.92 Å². The van der Waals surface area contributed by atoms with Crippen LogP contribution in [0.15, 0.2) is 0 Å². The molecule has 0 aliphatic heterocycles. The summed E-state index contributed by atoms with van der Waals surface area (Å²) in [4.78, 5) is 11.6. The van der Waals surface area contributed by atoms with Crippen LogP contribution in [-0.4, -0.2) is 25.0 Å². The van der Waals surface area contributed by atoms with E-state index in [9.17, 15) is 4.79 Å². The fraction of sp³-hybridized carbons (Fsp3) is 0.923. The van der Waals surface area contributed by atoms with Gasteiger partial charge in [-0.05, 0) is 32.2 Å². The number of amides is 1. The predicted molar refractivity (Wildman–Crippen MR) is 67.3 cm³/mol. The molecule has 0 radical (unpaired) electrons. The quantitative estimate of drug-likeness (QED) is 0.705. The highest BCUT2D eigenvalue weighted by Gasteiger charge is 2.20. The van der Waals surface area contributed by atoms with Crippen molar-refractivity contribution in [3.05, 3.63) is 0 Å². The van der Waals surface area contributed by atoms with E-state index < -0.39 is 0 Å². The van der Waals surface area contributed by atoms with Gasteiger partial charge in [-0.15, -0.1) is 0 Å². The van der Waals surface area contributed by atoms with Crippen LogP contribution in [0, 0.1) is 5.92 Å². The van der Waals surface area contributed by atoms with Gasteiger partial charge in [0.1, 0.15) is 0 Å². The van der Waals surface area contributed by atoms with Crippen LogP contribution in [0.3, 0.4) is 0 Å². The molecule has 0 aromatic carbocycles. The van der Waals surface area contributed by atoms with E-state index in [1.54, 1.807) is 0 Å². The minimum absolute atomic E-state index is 0.138. The smallest absolute Gasteiger partial charge is 0.234 e. The van der Waals surface area contributed by atoms with Gasteiger partial charge in [0.2, 0.25) is 5.91 Å². The van der Waals surface area contributed by atoms with Crippen molar-refractivity contribution in [2.75, 3.05) is 13.1 Å². The van der Waals surface area contributed by atoms with Gasteiger partial charge < -0.3 is 10.6 Å². The van der Waals surface area contributed by atoms with Crippen LogP contribution in [0.2, 0.25) is 0 Å². The van der Waals surface area contributed by atoms with Gasteiger partial charge in [0.15, 0.2) is 0 Å². The fourth-order valence-electron chi connectivity index (χ4n) is 2.47. The number of carbonyl (C=O) groups is 1. The van der Waals surface area contributed by atoms with Crippen LogP contribution >= 0.6 is 0 Å². The topological polar surface area (TPSA) is 41.1 Å². The molecule has 0 unspecified atom stereocenters. The third kappa shape index (κ3) is 4.97. The number of rotatable bonds is 5. The molecular weight excluding hydrogens is 200 g/mol. The monoisotopic (exact) mass is 226 g/mol. The Kier molecular flexibility index (Phi) is 6.46. The Hall–Kier alpha value is -0.570. The molecule has 1 amide bonds. The Labute approximate surface area is 99.4 Å². The number of hydrogen-bond acceptors (Lipinski definition) is 2. The number of nitrogens with one attached hydrogen (secondary N) is 2. The second kappa shape index (κ2) is 7.66. The molecule has 1 aliphatic carbocycles. The normalized spacial score (nSPS) is 20.1. The minimum atomic E-state index is 0.138. The molecule has 0 aromatic rings. The molecule has 0 spiro atoms. The molecule has 94 valence electrons. The zero-order valence-electron chi connectivity index (χ0n) is 10.7. The zero-order valence-corrected chi connectivity index (χ0v) is 10.7. The highest BCUT2D eigenvalue weighted by molar-refractivity contribution is 5.78. The molecule has 3 heteroatoms. The molecule has 2 N–H and O–H groups in total. The van der Waals surface area contributed by atoms with Crippen molar-refractivity contribution in [2.24, 2.45) is 5.92 Å². The summed E-state index contributed by atoms with van der Waals surface area (Å²) in [6.07, 6.45) is 7.96. The van der Waals surface area contributed by atoms with Crippen LogP contribution < -0.4 is 10.6 Å². The van der Waals surface area contributed by atoms with E-state index in [-0.39, 0.29) is 5.91 Å². The first-order valence-corrected chi connectivity index (χ1v) is 6.74. The van der Waals surface area contributed by atoms with Crippen molar-refractivity contribution in [3.63, 3.8) is 0 Å². The van der Waals surface area contributed by atoms with Crippen LogP contribution in [-0.2, 0) is 4.79 Å².